The zero-order valence-electron chi connectivity index (χ0n) is 19.2. The standard InChI is InChI=1S/C23H33F2N5O3/c1-15-14-18(5-6-19(15)22(31)27-16(2)7-10-26)32-13-3-4-17-8-11-30(12-9-17)23-28-21(20(24)25)29-33-23/h5-6,14,16-17,20H,3-4,7-13,26H2,1-2H3,(H,27,31). The number of hydrogen-bond donors (Lipinski definition) is 2. The number of anilines is 1. The number of nitrogens with one attached hydrogen (secondary N) is 1. The average molecular weight is 466 g/mol. The smallest absolute Gasteiger partial charge is 0.324 e. The number of nitrogens with two attached hydrogens (primary N) is 1. The summed E-state index contributed by atoms with van der Waals surface area (Å²) in [5.41, 5.74) is 7.05. The van der Waals surface area contributed by atoms with Crippen LogP contribution in [0.4, 0.5) is 14.8 Å². The third kappa shape index (κ3) is 7.12. The molecule has 1 aliphatic rings. The highest BCUT2D eigenvalue weighted by Gasteiger charge is 2.24. The molecule has 1 amide bonds. The van der Waals surface area contributed by atoms with Crippen molar-refractivity contribution < 1.29 is 22.8 Å². The number of piperidine rings is 1. The fourth-order valence-corrected chi connectivity index (χ4v) is 4.02. The summed E-state index contributed by atoms with van der Waals surface area (Å²) in [6, 6.07) is 5.72. The summed E-state index contributed by atoms with van der Waals surface area (Å²) in [5.74, 6) is 0.636. The Morgan fingerprint density at radius 2 is 2.12 bits per heavy atom. The van der Waals surface area contributed by atoms with E-state index >= 15 is 0 Å². The summed E-state index contributed by atoms with van der Waals surface area (Å²) in [6.07, 6.45) is 1.84. The van der Waals surface area contributed by atoms with Gasteiger partial charge in [0.25, 0.3) is 5.91 Å². The first-order valence-electron chi connectivity index (χ1n) is 11.5. The van der Waals surface area contributed by atoms with Gasteiger partial charge in [-0.05, 0) is 82.2 Å². The molecule has 1 saturated heterocycles. The second kappa shape index (κ2) is 11.9. The molecule has 0 saturated carbocycles. The van der Waals surface area contributed by atoms with Crippen LogP contribution >= 0.6 is 0 Å². The monoisotopic (exact) mass is 465 g/mol. The van der Waals surface area contributed by atoms with Crippen LogP contribution in [0.25, 0.3) is 0 Å². The van der Waals surface area contributed by atoms with Crippen LogP contribution in [0.5, 0.6) is 5.75 Å². The van der Waals surface area contributed by atoms with Crippen LogP contribution < -0.4 is 20.7 Å². The number of nitrogens with zero attached hydrogens (tertiary/aromatic N) is 3. The Morgan fingerprint density at radius 3 is 2.76 bits per heavy atom. The molecule has 10 heteroatoms. The van der Waals surface area contributed by atoms with Gasteiger partial charge in [-0.25, -0.2) is 8.78 Å². The second-order valence-electron chi connectivity index (χ2n) is 8.59. The molecular formula is C23H33F2N5O3. The third-order valence-electron chi connectivity index (χ3n) is 5.96. The zero-order valence-corrected chi connectivity index (χ0v) is 19.2. The second-order valence-corrected chi connectivity index (χ2v) is 8.59. The van der Waals surface area contributed by atoms with Crippen molar-refractivity contribution >= 4 is 11.9 Å². The molecule has 0 bridgehead atoms. The van der Waals surface area contributed by atoms with E-state index in [0.717, 1.165) is 43.4 Å². The van der Waals surface area contributed by atoms with E-state index in [-0.39, 0.29) is 18.0 Å². The van der Waals surface area contributed by atoms with Crippen LogP contribution in [0.15, 0.2) is 22.7 Å². The first-order chi connectivity index (χ1) is 15.9. The lowest BCUT2D eigenvalue weighted by Gasteiger charge is -2.30. The van der Waals surface area contributed by atoms with Gasteiger partial charge in [-0.15, -0.1) is 0 Å². The Balaban J connectivity index is 1.37. The summed E-state index contributed by atoms with van der Waals surface area (Å²) in [7, 11) is 0. The van der Waals surface area contributed by atoms with Gasteiger partial charge in [-0.2, -0.15) is 4.98 Å². The van der Waals surface area contributed by atoms with Gasteiger partial charge in [-0.1, -0.05) is 5.16 Å². The van der Waals surface area contributed by atoms with E-state index in [1.807, 2.05) is 30.9 Å². The van der Waals surface area contributed by atoms with E-state index in [2.05, 4.69) is 15.5 Å². The minimum absolute atomic E-state index is 0.0341. The minimum atomic E-state index is -2.72. The number of carbonyl (C=O) groups excluding carboxylic acids is 1. The first-order valence-corrected chi connectivity index (χ1v) is 11.5. The molecule has 1 unspecified atom stereocenters. The molecule has 3 rings (SSSR count). The molecule has 33 heavy (non-hydrogen) atoms. The van der Waals surface area contributed by atoms with Crippen LogP contribution in [-0.2, 0) is 0 Å². The van der Waals surface area contributed by atoms with E-state index in [1.165, 1.54) is 0 Å². The zero-order chi connectivity index (χ0) is 23.8. The van der Waals surface area contributed by atoms with E-state index < -0.39 is 12.2 Å². The number of rotatable bonds is 11. The van der Waals surface area contributed by atoms with Crippen molar-refractivity contribution in [3.05, 3.63) is 35.2 Å². The van der Waals surface area contributed by atoms with Gasteiger partial charge in [0, 0.05) is 24.7 Å². The molecule has 3 N–H and O–H groups in total. The molecule has 1 aromatic heterocycles. The topological polar surface area (TPSA) is 107 Å². The van der Waals surface area contributed by atoms with E-state index in [4.69, 9.17) is 15.0 Å². The van der Waals surface area contributed by atoms with Gasteiger partial charge in [0.2, 0.25) is 5.82 Å². The summed E-state index contributed by atoms with van der Waals surface area (Å²) >= 11 is 0. The highest BCUT2D eigenvalue weighted by Crippen LogP contribution is 2.27. The number of carbonyl (C=O) groups is 1. The summed E-state index contributed by atoms with van der Waals surface area (Å²) < 4.78 is 36.1. The number of benzene rings is 1. The summed E-state index contributed by atoms with van der Waals surface area (Å²) in [6.45, 7) is 6.39. The Bertz CT molecular complexity index is 900. The lowest BCUT2D eigenvalue weighted by Crippen LogP contribution is -2.34. The highest BCUT2D eigenvalue weighted by molar-refractivity contribution is 5.95. The molecule has 1 aromatic carbocycles. The van der Waals surface area contributed by atoms with Crippen LogP contribution in [-0.4, -0.2) is 48.3 Å². The fraction of sp³-hybridized carbons (Fsp3) is 0.609. The largest absolute Gasteiger partial charge is 0.494 e. The quantitative estimate of drug-likeness (QED) is 0.485. The maximum Gasteiger partial charge on any atom is 0.324 e. The van der Waals surface area contributed by atoms with Gasteiger partial charge < -0.3 is 25.2 Å². The lowest BCUT2D eigenvalue weighted by atomic mass is 9.92. The molecule has 0 radical (unpaired) electrons. The Kier molecular flexibility index (Phi) is 8.99. The van der Waals surface area contributed by atoms with Crippen molar-refractivity contribution in [2.24, 2.45) is 11.7 Å². The maximum atomic E-state index is 12.6. The summed E-state index contributed by atoms with van der Waals surface area (Å²) in [5, 5.41) is 6.28. The van der Waals surface area contributed by atoms with Crippen molar-refractivity contribution in [3.8, 4) is 5.75 Å². The first kappa shape index (κ1) is 24.9. The molecule has 8 nitrogen and oxygen atoms in total. The Labute approximate surface area is 192 Å². The number of amides is 1. The molecule has 1 fully saturated rings. The van der Waals surface area contributed by atoms with Crippen molar-refractivity contribution in [1.82, 2.24) is 15.5 Å². The van der Waals surface area contributed by atoms with E-state index in [0.29, 0.717) is 37.7 Å². The Hall–Kier alpha value is -2.75. The maximum absolute atomic E-state index is 12.6. The normalized spacial score (nSPS) is 15.6. The van der Waals surface area contributed by atoms with Crippen molar-refractivity contribution in [3.63, 3.8) is 0 Å². The van der Waals surface area contributed by atoms with Gasteiger partial charge >= 0.3 is 12.4 Å². The molecule has 2 aromatic rings. The molecular weight excluding hydrogens is 432 g/mol. The summed E-state index contributed by atoms with van der Waals surface area (Å²) in [4.78, 5) is 18.0. The van der Waals surface area contributed by atoms with Gasteiger partial charge in [0.15, 0.2) is 0 Å². The minimum Gasteiger partial charge on any atom is -0.494 e. The fourth-order valence-electron chi connectivity index (χ4n) is 4.02. The SMILES string of the molecule is Cc1cc(OCCCC2CCN(c3nc(C(F)F)no3)CC2)ccc1C(=O)NC(C)CCN. The predicted molar refractivity (Wildman–Crippen MR) is 121 cm³/mol. The molecule has 1 atom stereocenters. The van der Waals surface area contributed by atoms with Crippen LogP contribution in [0.3, 0.4) is 0 Å². The van der Waals surface area contributed by atoms with Crippen molar-refractivity contribution in [2.45, 2.75) is 58.4 Å². The number of hydrogen-bond acceptors (Lipinski definition) is 7. The van der Waals surface area contributed by atoms with Gasteiger partial charge in [0.05, 0.1) is 6.61 Å². The number of aromatic nitrogens is 2. The van der Waals surface area contributed by atoms with Crippen LogP contribution in [0, 0.1) is 12.8 Å². The lowest BCUT2D eigenvalue weighted by molar-refractivity contribution is 0.0938. The predicted octanol–water partition coefficient (Wildman–Crippen LogP) is 3.86. The molecule has 2 heterocycles. The highest BCUT2D eigenvalue weighted by atomic mass is 19.3. The number of ether oxygens (including phenoxy) is 1. The number of aryl methyl sites for hydroxylation is 1. The average Bonchev–Trinajstić information content (AvgIpc) is 3.28. The number of halogens is 2. The number of alkyl halides is 2. The van der Waals surface area contributed by atoms with Gasteiger partial charge in [0.1, 0.15) is 5.75 Å². The van der Waals surface area contributed by atoms with Gasteiger partial charge in [-0.3, -0.25) is 4.79 Å². The Morgan fingerprint density at radius 1 is 1.36 bits per heavy atom. The van der Waals surface area contributed by atoms with Crippen LogP contribution in [0.2, 0.25) is 0 Å². The third-order valence-corrected chi connectivity index (χ3v) is 5.96. The molecule has 1 aliphatic heterocycles. The van der Waals surface area contributed by atoms with E-state index in [1.54, 1.807) is 6.07 Å². The molecule has 0 aliphatic carbocycles. The van der Waals surface area contributed by atoms with Crippen molar-refractivity contribution in [2.75, 3.05) is 31.1 Å². The van der Waals surface area contributed by atoms with E-state index in [9.17, 15) is 13.6 Å². The molecule has 182 valence electrons. The van der Waals surface area contributed by atoms with Crippen LogP contribution in [0.1, 0.15) is 67.2 Å². The molecule has 0 spiro atoms. The van der Waals surface area contributed by atoms with Crippen molar-refractivity contribution in [1.29, 1.82) is 0 Å².